The van der Waals surface area contributed by atoms with E-state index >= 15 is 0 Å². The van der Waals surface area contributed by atoms with Gasteiger partial charge in [0.05, 0.1) is 22.1 Å². The lowest BCUT2D eigenvalue weighted by molar-refractivity contribution is 0.247. The molecule has 0 saturated heterocycles. The molecule has 0 radical (unpaired) electrons. The molecule has 3 rings (SSSR count). The number of allylic oxidation sites excluding steroid dienone is 2. The van der Waals surface area contributed by atoms with Crippen molar-refractivity contribution in [2.75, 3.05) is 27.2 Å². The molecule has 0 amide bonds. The number of aryl methyl sites for hydroxylation is 1. The molecule has 4 nitrogen and oxygen atoms in total. The number of aliphatic imine (C=N–C) groups is 2. The zero-order chi connectivity index (χ0) is 16.4. The van der Waals surface area contributed by atoms with Crippen molar-refractivity contribution >= 4 is 22.8 Å². The van der Waals surface area contributed by atoms with Gasteiger partial charge < -0.3 is 0 Å². The molecule has 1 unspecified atom stereocenters. The van der Waals surface area contributed by atoms with Crippen molar-refractivity contribution in [3.63, 3.8) is 0 Å². The molecule has 0 N–H and O–H groups in total. The SMILES string of the molecule is CN=C1C=CC(C(C)N2CCc3nc(C)sc3CC2)=CC1=NC. The number of fused-ring (bicyclic) bond motifs is 1. The number of thiazole rings is 1. The molecule has 5 heteroatoms. The van der Waals surface area contributed by atoms with Crippen molar-refractivity contribution in [3.8, 4) is 0 Å². The normalized spacial score (nSPS) is 23.7. The third-order valence-electron chi connectivity index (χ3n) is 4.66. The summed E-state index contributed by atoms with van der Waals surface area (Å²) in [6, 6.07) is 0.386. The topological polar surface area (TPSA) is 40.9 Å². The van der Waals surface area contributed by atoms with Crippen molar-refractivity contribution in [2.45, 2.75) is 32.7 Å². The first kappa shape index (κ1) is 16.3. The van der Waals surface area contributed by atoms with Gasteiger partial charge in [-0.1, -0.05) is 6.08 Å². The van der Waals surface area contributed by atoms with Gasteiger partial charge in [-0.25, -0.2) is 4.98 Å². The van der Waals surface area contributed by atoms with Gasteiger partial charge in [-0.3, -0.25) is 14.9 Å². The summed E-state index contributed by atoms with van der Waals surface area (Å²) in [4.78, 5) is 17.4. The molecule has 0 bridgehead atoms. The van der Waals surface area contributed by atoms with Gasteiger partial charge in [0.1, 0.15) is 0 Å². The lowest BCUT2D eigenvalue weighted by Gasteiger charge is -2.29. The molecule has 1 atom stereocenters. The van der Waals surface area contributed by atoms with Gasteiger partial charge in [0.15, 0.2) is 0 Å². The Hall–Kier alpha value is -1.59. The van der Waals surface area contributed by atoms with E-state index in [0.29, 0.717) is 6.04 Å². The molecular formula is C18H24N4S. The van der Waals surface area contributed by atoms with E-state index in [1.165, 1.54) is 21.2 Å². The number of hydrogen-bond acceptors (Lipinski definition) is 5. The highest BCUT2D eigenvalue weighted by atomic mass is 32.1. The number of rotatable bonds is 2. The zero-order valence-corrected chi connectivity index (χ0v) is 15.2. The first-order valence-electron chi connectivity index (χ1n) is 8.15. The predicted molar refractivity (Wildman–Crippen MR) is 99.2 cm³/mol. The third-order valence-corrected chi connectivity index (χ3v) is 5.73. The van der Waals surface area contributed by atoms with Crippen LogP contribution in [0, 0.1) is 6.92 Å². The van der Waals surface area contributed by atoms with Crippen LogP contribution in [0.25, 0.3) is 0 Å². The minimum atomic E-state index is 0.386. The predicted octanol–water partition coefficient (Wildman–Crippen LogP) is 2.88. The van der Waals surface area contributed by atoms with Gasteiger partial charge in [0.2, 0.25) is 0 Å². The summed E-state index contributed by atoms with van der Waals surface area (Å²) in [6.45, 7) is 6.55. The Morgan fingerprint density at radius 1 is 1.13 bits per heavy atom. The summed E-state index contributed by atoms with van der Waals surface area (Å²) in [6.07, 6.45) is 8.60. The maximum absolute atomic E-state index is 4.69. The average Bonchev–Trinajstić information content (AvgIpc) is 2.82. The largest absolute Gasteiger partial charge is 0.296 e. The fourth-order valence-electron chi connectivity index (χ4n) is 3.28. The molecule has 122 valence electrons. The summed E-state index contributed by atoms with van der Waals surface area (Å²) in [7, 11) is 3.64. The van der Waals surface area contributed by atoms with E-state index in [0.717, 1.165) is 37.4 Å². The van der Waals surface area contributed by atoms with Gasteiger partial charge in [0, 0.05) is 44.5 Å². The summed E-state index contributed by atoms with van der Waals surface area (Å²) < 4.78 is 0. The Morgan fingerprint density at radius 3 is 2.61 bits per heavy atom. The molecule has 0 fully saturated rings. The highest BCUT2D eigenvalue weighted by molar-refractivity contribution is 7.11. The molecule has 1 aromatic heterocycles. The maximum atomic E-state index is 4.69. The van der Waals surface area contributed by atoms with Crippen LogP contribution in [-0.2, 0) is 12.8 Å². The Balaban J connectivity index is 1.74. The van der Waals surface area contributed by atoms with E-state index in [2.05, 4.69) is 47.0 Å². The van der Waals surface area contributed by atoms with Crippen molar-refractivity contribution in [2.24, 2.45) is 9.98 Å². The smallest absolute Gasteiger partial charge is 0.0900 e. The molecule has 0 saturated carbocycles. The van der Waals surface area contributed by atoms with Crippen LogP contribution < -0.4 is 0 Å². The summed E-state index contributed by atoms with van der Waals surface area (Å²) in [5, 5.41) is 1.20. The highest BCUT2D eigenvalue weighted by Gasteiger charge is 2.23. The van der Waals surface area contributed by atoms with Crippen molar-refractivity contribution in [1.82, 2.24) is 9.88 Å². The summed E-state index contributed by atoms with van der Waals surface area (Å²) >= 11 is 1.86. The van der Waals surface area contributed by atoms with Crippen molar-refractivity contribution < 1.29 is 0 Å². The van der Waals surface area contributed by atoms with E-state index in [4.69, 9.17) is 4.98 Å². The lowest BCUT2D eigenvalue weighted by Crippen LogP contribution is -2.37. The molecule has 1 aromatic rings. The standard InChI is InChI=1S/C18H24N4S/c1-12(14-5-6-15(19-3)17(11-14)20-4)22-9-7-16-18(8-10-22)23-13(2)21-16/h5-6,11-12H,7-10H2,1-4H3. The molecule has 2 aliphatic rings. The zero-order valence-electron chi connectivity index (χ0n) is 14.3. The summed E-state index contributed by atoms with van der Waals surface area (Å²) in [5.74, 6) is 0. The summed E-state index contributed by atoms with van der Waals surface area (Å²) in [5.41, 5.74) is 4.56. The van der Waals surface area contributed by atoms with Crippen LogP contribution in [0.4, 0.5) is 0 Å². The quantitative estimate of drug-likeness (QED) is 0.783. The number of aromatic nitrogens is 1. The second-order valence-corrected chi connectivity index (χ2v) is 7.30. The van der Waals surface area contributed by atoms with E-state index < -0.39 is 0 Å². The van der Waals surface area contributed by atoms with Crippen LogP contribution in [0.2, 0.25) is 0 Å². The Bertz CT molecular complexity index is 683. The van der Waals surface area contributed by atoms with Gasteiger partial charge in [-0.05, 0) is 38.0 Å². The Labute approximate surface area is 142 Å². The lowest BCUT2D eigenvalue weighted by atomic mass is 9.97. The van der Waals surface area contributed by atoms with Crippen molar-refractivity contribution in [3.05, 3.63) is 39.4 Å². The minimum Gasteiger partial charge on any atom is -0.296 e. The van der Waals surface area contributed by atoms with Gasteiger partial charge >= 0.3 is 0 Å². The molecule has 23 heavy (non-hydrogen) atoms. The molecule has 1 aliphatic carbocycles. The van der Waals surface area contributed by atoms with E-state index in [9.17, 15) is 0 Å². The molecule has 0 spiro atoms. The fourth-order valence-corrected chi connectivity index (χ4v) is 4.25. The van der Waals surface area contributed by atoms with Crippen LogP contribution >= 0.6 is 11.3 Å². The van der Waals surface area contributed by atoms with E-state index in [1.54, 1.807) is 0 Å². The first-order chi connectivity index (χ1) is 11.1. The third kappa shape index (κ3) is 3.35. The average molecular weight is 328 g/mol. The highest BCUT2D eigenvalue weighted by Crippen LogP contribution is 2.25. The van der Waals surface area contributed by atoms with Crippen LogP contribution in [0.5, 0.6) is 0 Å². The van der Waals surface area contributed by atoms with E-state index in [1.807, 2.05) is 25.4 Å². The van der Waals surface area contributed by atoms with Crippen LogP contribution in [0.3, 0.4) is 0 Å². The Kier molecular flexibility index (Phi) is 4.87. The fraction of sp³-hybridized carbons (Fsp3) is 0.500. The second-order valence-electron chi connectivity index (χ2n) is 6.01. The van der Waals surface area contributed by atoms with Gasteiger partial charge in [-0.2, -0.15) is 0 Å². The first-order valence-corrected chi connectivity index (χ1v) is 8.97. The minimum absolute atomic E-state index is 0.386. The van der Waals surface area contributed by atoms with Crippen LogP contribution in [-0.4, -0.2) is 54.5 Å². The van der Waals surface area contributed by atoms with E-state index in [-0.39, 0.29) is 0 Å². The molecule has 0 aromatic carbocycles. The second kappa shape index (κ2) is 6.89. The van der Waals surface area contributed by atoms with Gasteiger partial charge in [0.25, 0.3) is 0 Å². The van der Waals surface area contributed by atoms with Crippen LogP contribution in [0.15, 0.2) is 33.8 Å². The Morgan fingerprint density at radius 2 is 1.87 bits per heavy atom. The molecule has 1 aliphatic heterocycles. The monoisotopic (exact) mass is 328 g/mol. The molecule has 2 heterocycles. The maximum Gasteiger partial charge on any atom is 0.0900 e. The molecular weight excluding hydrogens is 304 g/mol. The van der Waals surface area contributed by atoms with Crippen molar-refractivity contribution in [1.29, 1.82) is 0 Å². The van der Waals surface area contributed by atoms with Gasteiger partial charge in [-0.15, -0.1) is 11.3 Å². The number of hydrogen-bond donors (Lipinski definition) is 0. The number of nitrogens with zero attached hydrogens (tertiary/aromatic N) is 4. The van der Waals surface area contributed by atoms with Crippen LogP contribution in [0.1, 0.15) is 22.5 Å².